The number of nitrogens with zero attached hydrogens (tertiary/aromatic N) is 4. The van der Waals surface area contributed by atoms with Gasteiger partial charge >= 0.3 is 0 Å². The van der Waals surface area contributed by atoms with Gasteiger partial charge in [0.25, 0.3) is 0 Å². The standard InChI is InChI=1S/C26H28N6O2/c1-34-24-4-2-3-19(11-24)15-32(16-20-5-6-21-14-29-30-25(21)12-20)23-7-8-27-22(13-23)17-31-10-9-28-26(33)18-31/h2-8,11-14H,9-10,15-18H2,1H3,(H,28,33)(H,29,30). The molecule has 0 bridgehead atoms. The number of rotatable bonds is 8. The van der Waals surface area contributed by atoms with Gasteiger partial charge in [0.15, 0.2) is 0 Å². The van der Waals surface area contributed by atoms with Crippen molar-refractivity contribution in [2.75, 3.05) is 31.6 Å². The molecule has 4 aromatic rings. The minimum atomic E-state index is 0.0660. The van der Waals surface area contributed by atoms with Gasteiger partial charge in [-0.05, 0) is 41.5 Å². The molecular weight excluding hydrogens is 428 g/mol. The lowest BCUT2D eigenvalue weighted by molar-refractivity contribution is -0.124. The van der Waals surface area contributed by atoms with Crippen molar-refractivity contribution in [3.05, 3.63) is 83.8 Å². The van der Waals surface area contributed by atoms with Gasteiger partial charge in [0, 0.05) is 50.0 Å². The van der Waals surface area contributed by atoms with E-state index in [4.69, 9.17) is 4.74 Å². The quantitative estimate of drug-likeness (QED) is 0.424. The highest BCUT2D eigenvalue weighted by Crippen LogP contribution is 2.24. The van der Waals surface area contributed by atoms with Crippen LogP contribution in [0.3, 0.4) is 0 Å². The fraction of sp³-hybridized carbons (Fsp3) is 0.269. The Morgan fingerprint density at radius 3 is 2.82 bits per heavy atom. The Labute approximate surface area is 198 Å². The number of amides is 1. The van der Waals surface area contributed by atoms with E-state index in [1.807, 2.05) is 30.6 Å². The molecule has 0 unspecified atom stereocenters. The second-order valence-electron chi connectivity index (χ2n) is 8.57. The number of aromatic amines is 1. The molecule has 0 atom stereocenters. The minimum absolute atomic E-state index is 0.0660. The molecule has 0 spiro atoms. The summed E-state index contributed by atoms with van der Waals surface area (Å²) in [6.07, 6.45) is 3.69. The van der Waals surface area contributed by atoms with Crippen molar-refractivity contribution in [1.29, 1.82) is 0 Å². The highest BCUT2D eigenvalue weighted by atomic mass is 16.5. The molecule has 0 aliphatic carbocycles. The zero-order valence-electron chi connectivity index (χ0n) is 19.2. The fourth-order valence-corrected chi connectivity index (χ4v) is 4.34. The molecule has 1 fully saturated rings. The third-order valence-electron chi connectivity index (χ3n) is 6.06. The van der Waals surface area contributed by atoms with Crippen LogP contribution in [0.4, 0.5) is 5.69 Å². The molecule has 8 heteroatoms. The summed E-state index contributed by atoms with van der Waals surface area (Å²) in [4.78, 5) is 20.8. The van der Waals surface area contributed by atoms with Crippen molar-refractivity contribution in [3.8, 4) is 5.75 Å². The van der Waals surface area contributed by atoms with Gasteiger partial charge in [0.05, 0.1) is 31.1 Å². The second-order valence-corrected chi connectivity index (χ2v) is 8.57. The van der Waals surface area contributed by atoms with Crippen molar-refractivity contribution < 1.29 is 9.53 Å². The smallest absolute Gasteiger partial charge is 0.234 e. The minimum Gasteiger partial charge on any atom is -0.497 e. The van der Waals surface area contributed by atoms with Crippen LogP contribution in [-0.4, -0.2) is 52.7 Å². The summed E-state index contributed by atoms with van der Waals surface area (Å²) in [5.41, 5.74) is 5.40. The molecule has 2 aromatic heterocycles. The first-order valence-electron chi connectivity index (χ1n) is 11.4. The molecule has 174 valence electrons. The molecule has 1 saturated heterocycles. The summed E-state index contributed by atoms with van der Waals surface area (Å²) < 4.78 is 5.43. The molecule has 1 aliphatic rings. The van der Waals surface area contributed by atoms with Crippen LogP contribution in [-0.2, 0) is 24.4 Å². The monoisotopic (exact) mass is 456 g/mol. The van der Waals surface area contributed by atoms with E-state index in [2.05, 4.69) is 66.7 Å². The predicted octanol–water partition coefficient (Wildman–Crippen LogP) is 3.11. The van der Waals surface area contributed by atoms with Crippen molar-refractivity contribution in [2.45, 2.75) is 19.6 Å². The topological polar surface area (TPSA) is 86.4 Å². The summed E-state index contributed by atoms with van der Waals surface area (Å²) in [7, 11) is 1.69. The van der Waals surface area contributed by atoms with Crippen LogP contribution >= 0.6 is 0 Å². The Morgan fingerprint density at radius 1 is 1.09 bits per heavy atom. The number of ether oxygens (including phenoxy) is 1. The summed E-state index contributed by atoms with van der Waals surface area (Å²) >= 11 is 0. The number of hydrogen-bond donors (Lipinski definition) is 2. The molecular formula is C26H28N6O2. The van der Waals surface area contributed by atoms with E-state index in [9.17, 15) is 4.79 Å². The number of nitrogens with one attached hydrogen (secondary N) is 2. The van der Waals surface area contributed by atoms with E-state index in [1.165, 1.54) is 5.56 Å². The van der Waals surface area contributed by atoms with Crippen LogP contribution < -0.4 is 15.0 Å². The van der Waals surface area contributed by atoms with Gasteiger partial charge in [-0.15, -0.1) is 0 Å². The van der Waals surface area contributed by atoms with E-state index >= 15 is 0 Å². The molecule has 5 rings (SSSR count). The molecule has 8 nitrogen and oxygen atoms in total. The number of pyridine rings is 1. The molecule has 3 heterocycles. The van der Waals surface area contributed by atoms with Gasteiger partial charge in [-0.1, -0.05) is 24.3 Å². The summed E-state index contributed by atoms with van der Waals surface area (Å²) in [6, 6.07) is 18.7. The molecule has 2 aromatic carbocycles. The van der Waals surface area contributed by atoms with Crippen LogP contribution in [0, 0.1) is 0 Å². The maximum absolute atomic E-state index is 11.8. The van der Waals surface area contributed by atoms with E-state index in [0.29, 0.717) is 26.2 Å². The maximum Gasteiger partial charge on any atom is 0.234 e. The molecule has 2 N–H and O–H groups in total. The van der Waals surface area contributed by atoms with Crippen molar-refractivity contribution >= 4 is 22.5 Å². The summed E-state index contributed by atoms with van der Waals surface area (Å²) in [5, 5.41) is 11.2. The lowest BCUT2D eigenvalue weighted by atomic mass is 10.1. The van der Waals surface area contributed by atoms with Gasteiger partial charge in [-0.2, -0.15) is 5.10 Å². The highest BCUT2D eigenvalue weighted by molar-refractivity contribution is 5.79. The van der Waals surface area contributed by atoms with Gasteiger partial charge in [-0.3, -0.25) is 19.8 Å². The number of fused-ring (bicyclic) bond motifs is 1. The second kappa shape index (κ2) is 9.93. The van der Waals surface area contributed by atoms with Crippen LogP contribution in [0.2, 0.25) is 0 Å². The van der Waals surface area contributed by atoms with Gasteiger partial charge in [-0.25, -0.2) is 0 Å². The Kier molecular flexibility index (Phi) is 6.40. The number of methoxy groups -OCH3 is 1. The first kappa shape index (κ1) is 21.9. The third-order valence-corrected chi connectivity index (χ3v) is 6.06. The number of carbonyl (C=O) groups excluding carboxylic acids is 1. The number of carbonyl (C=O) groups is 1. The molecule has 1 amide bonds. The number of H-pyrrole nitrogens is 1. The van der Waals surface area contributed by atoms with E-state index in [0.717, 1.165) is 46.7 Å². The van der Waals surface area contributed by atoms with Crippen LogP contribution in [0.15, 0.2) is 67.0 Å². The average Bonchev–Trinajstić information content (AvgIpc) is 3.32. The molecule has 34 heavy (non-hydrogen) atoms. The lowest BCUT2D eigenvalue weighted by Gasteiger charge is -2.28. The van der Waals surface area contributed by atoms with Crippen molar-refractivity contribution in [3.63, 3.8) is 0 Å². The summed E-state index contributed by atoms with van der Waals surface area (Å²) in [6.45, 7) is 4.00. The van der Waals surface area contributed by atoms with Crippen LogP contribution in [0.1, 0.15) is 16.8 Å². The number of anilines is 1. The molecule has 0 saturated carbocycles. The summed E-state index contributed by atoms with van der Waals surface area (Å²) in [5.74, 6) is 0.909. The van der Waals surface area contributed by atoms with Gasteiger partial charge in [0.1, 0.15) is 5.75 Å². The van der Waals surface area contributed by atoms with Crippen LogP contribution in [0.5, 0.6) is 5.75 Å². The maximum atomic E-state index is 11.8. The fourth-order valence-electron chi connectivity index (χ4n) is 4.34. The Balaban J connectivity index is 1.42. The largest absolute Gasteiger partial charge is 0.497 e. The first-order chi connectivity index (χ1) is 16.7. The van der Waals surface area contributed by atoms with E-state index in [-0.39, 0.29) is 5.91 Å². The van der Waals surface area contributed by atoms with Gasteiger partial charge in [0.2, 0.25) is 5.91 Å². The van der Waals surface area contributed by atoms with Crippen LogP contribution in [0.25, 0.3) is 10.9 Å². The Bertz CT molecular complexity index is 1290. The lowest BCUT2D eigenvalue weighted by Crippen LogP contribution is -2.47. The molecule has 0 radical (unpaired) electrons. The normalized spacial score (nSPS) is 14.2. The van der Waals surface area contributed by atoms with E-state index in [1.54, 1.807) is 7.11 Å². The third kappa shape index (κ3) is 5.18. The first-order valence-corrected chi connectivity index (χ1v) is 11.4. The molecule has 1 aliphatic heterocycles. The number of aromatic nitrogens is 3. The zero-order valence-corrected chi connectivity index (χ0v) is 19.2. The number of piperazine rings is 1. The average molecular weight is 457 g/mol. The zero-order chi connectivity index (χ0) is 23.3. The predicted molar refractivity (Wildman–Crippen MR) is 131 cm³/mol. The van der Waals surface area contributed by atoms with Crippen molar-refractivity contribution in [1.82, 2.24) is 25.4 Å². The van der Waals surface area contributed by atoms with E-state index < -0.39 is 0 Å². The van der Waals surface area contributed by atoms with Gasteiger partial charge < -0.3 is 15.0 Å². The van der Waals surface area contributed by atoms with Crippen molar-refractivity contribution in [2.24, 2.45) is 0 Å². The Morgan fingerprint density at radius 2 is 1.97 bits per heavy atom. The SMILES string of the molecule is COc1cccc(CN(Cc2ccc3cn[nH]c3c2)c2ccnc(CN3CCNC(=O)C3)c2)c1. The number of hydrogen-bond acceptors (Lipinski definition) is 6. The highest BCUT2D eigenvalue weighted by Gasteiger charge is 2.17. The number of benzene rings is 2. The Hall–Kier alpha value is -3.91.